The number of nitrogens with two attached hydrogens (primary N) is 2. The number of nitrogens with one attached hydrogen (secondary N) is 1. The fraction of sp³-hybridized carbons (Fsp3) is 0.750. The van der Waals surface area contributed by atoms with Crippen molar-refractivity contribution in [3.63, 3.8) is 0 Å². The lowest BCUT2D eigenvalue weighted by Gasteiger charge is -2.06. The van der Waals surface area contributed by atoms with Crippen molar-refractivity contribution in [2.45, 2.75) is 32.7 Å². The number of nitrogens with zero attached hydrogens (tertiary/aromatic N) is 1. The lowest BCUT2D eigenvalue weighted by Crippen LogP contribution is -2.30. The molecule has 0 atom stereocenters. The van der Waals surface area contributed by atoms with Gasteiger partial charge < -0.3 is 16.8 Å². The first-order valence-corrected chi connectivity index (χ1v) is 4.37. The molecule has 0 unspecified atom stereocenters. The molecule has 0 heterocycles. The van der Waals surface area contributed by atoms with E-state index >= 15 is 0 Å². The minimum atomic E-state index is 0.0424. The average molecular weight is 186 g/mol. The SMILES string of the molecule is CC(C)NC(=O)CCCN=C(N)N. The Bertz CT molecular complexity index is 185. The lowest BCUT2D eigenvalue weighted by molar-refractivity contribution is -0.121. The van der Waals surface area contributed by atoms with E-state index in [0.717, 1.165) is 0 Å². The highest BCUT2D eigenvalue weighted by atomic mass is 16.1. The molecule has 0 aliphatic carbocycles. The van der Waals surface area contributed by atoms with Gasteiger partial charge >= 0.3 is 0 Å². The minimum absolute atomic E-state index is 0.0424. The normalized spacial score (nSPS) is 9.77. The topological polar surface area (TPSA) is 93.5 Å². The van der Waals surface area contributed by atoms with Crippen molar-refractivity contribution in [2.24, 2.45) is 16.5 Å². The summed E-state index contributed by atoms with van der Waals surface area (Å²) in [6.07, 6.45) is 1.14. The van der Waals surface area contributed by atoms with E-state index in [1.54, 1.807) is 0 Å². The second kappa shape index (κ2) is 6.28. The van der Waals surface area contributed by atoms with Crippen molar-refractivity contribution in [3.05, 3.63) is 0 Å². The van der Waals surface area contributed by atoms with Gasteiger partial charge in [0.1, 0.15) is 0 Å². The summed E-state index contributed by atoms with van der Waals surface area (Å²) in [5, 5.41) is 2.78. The van der Waals surface area contributed by atoms with Crippen molar-refractivity contribution in [2.75, 3.05) is 6.54 Å². The number of carbonyl (C=O) groups excluding carboxylic acids is 1. The fourth-order valence-electron chi connectivity index (χ4n) is 0.842. The van der Waals surface area contributed by atoms with Crippen LogP contribution in [0.2, 0.25) is 0 Å². The van der Waals surface area contributed by atoms with Gasteiger partial charge in [-0.1, -0.05) is 0 Å². The average Bonchev–Trinajstić information content (AvgIpc) is 1.96. The molecule has 0 saturated heterocycles. The van der Waals surface area contributed by atoms with Gasteiger partial charge in [0.2, 0.25) is 5.91 Å². The third-order valence-electron chi connectivity index (χ3n) is 1.31. The Morgan fingerprint density at radius 1 is 1.46 bits per heavy atom. The molecule has 0 radical (unpaired) electrons. The number of aliphatic imine (C=N–C) groups is 1. The van der Waals surface area contributed by atoms with E-state index in [9.17, 15) is 4.79 Å². The summed E-state index contributed by atoms with van der Waals surface area (Å²) < 4.78 is 0. The molecule has 0 aromatic heterocycles. The van der Waals surface area contributed by atoms with Gasteiger partial charge in [0.25, 0.3) is 0 Å². The largest absolute Gasteiger partial charge is 0.370 e. The number of carbonyl (C=O) groups is 1. The Labute approximate surface area is 78.6 Å². The van der Waals surface area contributed by atoms with Crippen LogP contribution >= 0.6 is 0 Å². The van der Waals surface area contributed by atoms with Crippen molar-refractivity contribution in [1.29, 1.82) is 0 Å². The Hall–Kier alpha value is -1.26. The Morgan fingerprint density at radius 2 is 2.08 bits per heavy atom. The maximum Gasteiger partial charge on any atom is 0.220 e. The molecule has 1 amide bonds. The maximum atomic E-state index is 11.1. The molecule has 13 heavy (non-hydrogen) atoms. The predicted octanol–water partition coefficient (Wildman–Crippen LogP) is -0.435. The highest BCUT2D eigenvalue weighted by Crippen LogP contribution is 1.90. The molecule has 0 aliphatic rings. The number of hydrogen-bond donors (Lipinski definition) is 3. The summed E-state index contributed by atoms with van der Waals surface area (Å²) in [5.41, 5.74) is 10.2. The van der Waals surface area contributed by atoms with Gasteiger partial charge in [-0.3, -0.25) is 9.79 Å². The van der Waals surface area contributed by atoms with E-state index in [-0.39, 0.29) is 17.9 Å². The fourth-order valence-corrected chi connectivity index (χ4v) is 0.842. The van der Waals surface area contributed by atoms with Crippen LogP contribution < -0.4 is 16.8 Å². The molecule has 0 rings (SSSR count). The van der Waals surface area contributed by atoms with E-state index in [4.69, 9.17) is 11.5 Å². The second-order valence-corrected chi connectivity index (χ2v) is 3.13. The summed E-state index contributed by atoms with van der Waals surface area (Å²) in [6.45, 7) is 4.36. The van der Waals surface area contributed by atoms with Crippen molar-refractivity contribution < 1.29 is 4.79 Å². The van der Waals surface area contributed by atoms with Gasteiger partial charge in [0, 0.05) is 19.0 Å². The first-order valence-electron chi connectivity index (χ1n) is 4.37. The van der Waals surface area contributed by atoms with Crippen LogP contribution in [-0.4, -0.2) is 24.5 Å². The highest BCUT2D eigenvalue weighted by molar-refractivity contribution is 5.76. The molecule has 5 heteroatoms. The van der Waals surface area contributed by atoms with Gasteiger partial charge in [-0.25, -0.2) is 0 Å². The molecule has 0 fully saturated rings. The van der Waals surface area contributed by atoms with Gasteiger partial charge in [0.05, 0.1) is 0 Å². The number of rotatable bonds is 5. The summed E-state index contributed by atoms with van der Waals surface area (Å²) >= 11 is 0. The van der Waals surface area contributed by atoms with Gasteiger partial charge in [-0.15, -0.1) is 0 Å². The predicted molar refractivity (Wildman–Crippen MR) is 53.2 cm³/mol. The Morgan fingerprint density at radius 3 is 2.54 bits per heavy atom. The van der Waals surface area contributed by atoms with Crippen LogP contribution in [-0.2, 0) is 4.79 Å². The molecular formula is C8H18N4O. The molecule has 0 bridgehead atoms. The first kappa shape index (κ1) is 11.7. The van der Waals surface area contributed by atoms with Crippen LogP contribution in [0.25, 0.3) is 0 Å². The molecule has 0 aliphatic heterocycles. The molecule has 76 valence electrons. The van der Waals surface area contributed by atoms with E-state index in [0.29, 0.717) is 19.4 Å². The van der Waals surface area contributed by atoms with E-state index in [1.807, 2.05) is 13.8 Å². The summed E-state index contributed by atoms with van der Waals surface area (Å²) in [6, 6.07) is 0.190. The Kier molecular flexibility index (Phi) is 5.67. The van der Waals surface area contributed by atoms with Crippen LogP contribution in [0.3, 0.4) is 0 Å². The summed E-state index contributed by atoms with van der Waals surface area (Å²) in [5.74, 6) is 0.116. The summed E-state index contributed by atoms with van der Waals surface area (Å²) in [4.78, 5) is 14.8. The van der Waals surface area contributed by atoms with Crippen molar-refractivity contribution >= 4 is 11.9 Å². The molecule has 0 aromatic rings. The molecular weight excluding hydrogens is 168 g/mol. The zero-order chi connectivity index (χ0) is 10.3. The van der Waals surface area contributed by atoms with Crippen LogP contribution in [0, 0.1) is 0 Å². The number of guanidine groups is 1. The van der Waals surface area contributed by atoms with Gasteiger partial charge in [-0.05, 0) is 20.3 Å². The summed E-state index contributed by atoms with van der Waals surface area (Å²) in [7, 11) is 0. The van der Waals surface area contributed by atoms with E-state index < -0.39 is 0 Å². The highest BCUT2D eigenvalue weighted by Gasteiger charge is 2.01. The quantitative estimate of drug-likeness (QED) is 0.309. The van der Waals surface area contributed by atoms with Gasteiger partial charge in [-0.2, -0.15) is 0 Å². The first-order chi connectivity index (χ1) is 6.02. The van der Waals surface area contributed by atoms with Gasteiger partial charge in [0.15, 0.2) is 5.96 Å². The van der Waals surface area contributed by atoms with Crippen molar-refractivity contribution in [3.8, 4) is 0 Å². The standard InChI is InChI=1S/C8H18N4O/c1-6(2)12-7(13)4-3-5-11-8(9)10/h6H,3-5H2,1-2H3,(H,12,13)(H4,9,10,11). The second-order valence-electron chi connectivity index (χ2n) is 3.13. The number of hydrogen-bond acceptors (Lipinski definition) is 2. The van der Waals surface area contributed by atoms with Crippen LogP contribution in [0.1, 0.15) is 26.7 Å². The van der Waals surface area contributed by atoms with Crippen molar-refractivity contribution in [1.82, 2.24) is 5.32 Å². The maximum absolute atomic E-state index is 11.1. The van der Waals surface area contributed by atoms with Crippen LogP contribution in [0.5, 0.6) is 0 Å². The zero-order valence-electron chi connectivity index (χ0n) is 8.21. The molecule has 0 spiro atoms. The third kappa shape index (κ3) is 8.65. The van der Waals surface area contributed by atoms with Crippen LogP contribution in [0.4, 0.5) is 0 Å². The lowest BCUT2D eigenvalue weighted by atomic mass is 10.3. The monoisotopic (exact) mass is 186 g/mol. The smallest absolute Gasteiger partial charge is 0.220 e. The molecule has 0 saturated carbocycles. The van der Waals surface area contributed by atoms with Crippen LogP contribution in [0.15, 0.2) is 4.99 Å². The Balaban J connectivity index is 3.43. The molecule has 5 nitrogen and oxygen atoms in total. The third-order valence-corrected chi connectivity index (χ3v) is 1.31. The zero-order valence-corrected chi connectivity index (χ0v) is 8.21. The molecule has 5 N–H and O–H groups in total. The molecule has 0 aromatic carbocycles. The van der Waals surface area contributed by atoms with E-state index in [1.165, 1.54) is 0 Å². The van der Waals surface area contributed by atoms with E-state index in [2.05, 4.69) is 10.3 Å². The number of amides is 1. The minimum Gasteiger partial charge on any atom is -0.370 e.